The molecule has 2 aromatic carbocycles. The Bertz CT molecular complexity index is 1130. The Balaban J connectivity index is 1.32. The van der Waals surface area contributed by atoms with E-state index in [2.05, 4.69) is 15.1 Å². The summed E-state index contributed by atoms with van der Waals surface area (Å²) in [6, 6.07) is 14.1. The molecule has 164 valence electrons. The quantitative estimate of drug-likeness (QED) is 0.533. The smallest absolute Gasteiger partial charge is 0.247 e. The van der Waals surface area contributed by atoms with Gasteiger partial charge in [0.25, 0.3) is 0 Å². The summed E-state index contributed by atoms with van der Waals surface area (Å²) in [7, 11) is -2.11. The number of ether oxygens (including phenoxy) is 1. The van der Waals surface area contributed by atoms with Gasteiger partial charge in [-0.15, -0.1) is 10.2 Å². The summed E-state index contributed by atoms with van der Waals surface area (Å²) in [5.41, 5.74) is 0.888. The van der Waals surface area contributed by atoms with Crippen molar-refractivity contribution in [2.24, 2.45) is 0 Å². The van der Waals surface area contributed by atoms with E-state index in [1.54, 1.807) is 6.07 Å². The summed E-state index contributed by atoms with van der Waals surface area (Å²) in [6.07, 6.45) is 0.612. The van der Waals surface area contributed by atoms with Gasteiger partial charge >= 0.3 is 0 Å². The van der Waals surface area contributed by atoms with Crippen LogP contribution in [0.4, 0.5) is 0 Å². The zero-order valence-corrected chi connectivity index (χ0v) is 18.6. The Hall–Kier alpha value is -2.46. The van der Waals surface area contributed by atoms with Crippen molar-refractivity contribution >= 4 is 21.6 Å². The molecule has 0 spiro atoms. The van der Waals surface area contributed by atoms with Crippen molar-refractivity contribution < 1.29 is 17.6 Å². The van der Waals surface area contributed by atoms with E-state index in [1.807, 2.05) is 30.3 Å². The summed E-state index contributed by atoms with van der Waals surface area (Å²) >= 11 is 6.10. The van der Waals surface area contributed by atoms with Crippen LogP contribution >= 0.6 is 11.6 Å². The number of aromatic nitrogens is 2. The molecule has 4 rings (SSSR count). The first-order chi connectivity index (χ1) is 15.0. The number of hydrogen-bond acceptors (Lipinski definition) is 7. The zero-order chi connectivity index (χ0) is 21.8. The first-order valence-corrected chi connectivity index (χ1v) is 11.7. The third kappa shape index (κ3) is 4.90. The van der Waals surface area contributed by atoms with Gasteiger partial charge in [0.15, 0.2) is 0 Å². The molecule has 8 nitrogen and oxygen atoms in total. The highest BCUT2D eigenvalue weighted by atomic mass is 35.5. The summed E-state index contributed by atoms with van der Waals surface area (Å²) in [5, 5.41) is 8.50. The normalized spacial score (nSPS) is 15.8. The van der Waals surface area contributed by atoms with Crippen molar-refractivity contribution in [2.45, 2.75) is 11.3 Å². The summed E-state index contributed by atoms with van der Waals surface area (Å²) in [6.45, 7) is 2.79. The van der Waals surface area contributed by atoms with E-state index in [9.17, 15) is 8.42 Å². The molecule has 2 heterocycles. The van der Waals surface area contributed by atoms with Crippen molar-refractivity contribution in [1.29, 1.82) is 0 Å². The maximum absolute atomic E-state index is 12.9. The molecule has 0 unspecified atom stereocenters. The second-order valence-corrected chi connectivity index (χ2v) is 9.50. The Morgan fingerprint density at radius 1 is 1.06 bits per heavy atom. The molecule has 1 fully saturated rings. The van der Waals surface area contributed by atoms with Gasteiger partial charge in [0, 0.05) is 44.7 Å². The lowest BCUT2D eigenvalue weighted by atomic mass is 10.2. The van der Waals surface area contributed by atoms with Crippen molar-refractivity contribution in [2.75, 3.05) is 39.8 Å². The highest BCUT2D eigenvalue weighted by molar-refractivity contribution is 7.89. The highest BCUT2D eigenvalue weighted by Crippen LogP contribution is 2.28. The topological polar surface area (TPSA) is 88.8 Å². The van der Waals surface area contributed by atoms with Crippen LogP contribution in [0.3, 0.4) is 0 Å². The molecule has 3 aromatic rings. The molecule has 1 aliphatic heterocycles. The molecule has 1 saturated heterocycles. The first kappa shape index (κ1) is 21.8. The molecule has 0 saturated carbocycles. The number of piperazine rings is 1. The molecule has 0 N–H and O–H groups in total. The number of benzene rings is 2. The van der Waals surface area contributed by atoms with Crippen LogP contribution in [0, 0.1) is 0 Å². The van der Waals surface area contributed by atoms with Crippen LogP contribution in [-0.2, 0) is 16.4 Å². The highest BCUT2D eigenvalue weighted by Gasteiger charge is 2.29. The van der Waals surface area contributed by atoms with E-state index in [4.69, 9.17) is 20.8 Å². The maximum Gasteiger partial charge on any atom is 0.247 e. The SMILES string of the molecule is COc1ccc(S(=O)(=O)N2CCN(CCc3nnc(-c4ccccc4)o3)CC2)cc1Cl. The average Bonchev–Trinajstić information content (AvgIpc) is 3.27. The second kappa shape index (κ2) is 9.35. The van der Waals surface area contributed by atoms with Gasteiger partial charge in [0.2, 0.25) is 21.8 Å². The van der Waals surface area contributed by atoms with Crippen LogP contribution < -0.4 is 4.74 Å². The van der Waals surface area contributed by atoms with Gasteiger partial charge in [0.05, 0.1) is 17.0 Å². The van der Waals surface area contributed by atoms with Gasteiger partial charge in [-0.1, -0.05) is 29.8 Å². The van der Waals surface area contributed by atoms with Crippen LogP contribution in [-0.4, -0.2) is 67.7 Å². The number of rotatable bonds is 7. The number of nitrogens with zero attached hydrogens (tertiary/aromatic N) is 4. The lowest BCUT2D eigenvalue weighted by Crippen LogP contribution is -2.49. The van der Waals surface area contributed by atoms with Gasteiger partial charge < -0.3 is 14.1 Å². The largest absolute Gasteiger partial charge is 0.495 e. The summed E-state index contributed by atoms with van der Waals surface area (Å²) in [4.78, 5) is 2.37. The van der Waals surface area contributed by atoms with E-state index >= 15 is 0 Å². The standard InChI is InChI=1S/C21H23ClN4O4S/c1-29-19-8-7-17(15-18(19)22)31(27,28)26-13-11-25(12-14-26)10-9-20-23-24-21(30-20)16-5-3-2-4-6-16/h2-8,15H,9-14H2,1H3. The fourth-order valence-corrected chi connectivity index (χ4v) is 5.23. The molecule has 1 aromatic heterocycles. The minimum Gasteiger partial charge on any atom is -0.495 e. The van der Waals surface area contributed by atoms with Crippen LogP contribution in [0.5, 0.6) is 5.75 Å². The van der Waals surface area contributed by atoms with Gasteiger partial charge in [-0.2, -0.15) is 4.31 Å². The predicted octanol–water partition coefficient (Wildman–Crippen LogP) is 2.95. The van der Waals surface area contributed by atoms with Crippen molar-refractivity contribution in [3.05, 3.63) is 59.4 Å². The van der Waals surface area contributed by atoms with Crippen molar-refractivity contribution in [1.82, 2.24) is 19.4 Å². The fourth-order valence-electron chi connectivity index (χ4n) is 3.46. The lowest BCUT2D eigenvalue weighted by Gasteiger charge is -2.33. The lowest BCUT2D eigenvalue weighted by molar-refractivity contribution is 0.187. The molecule has 31 heavy (non-hydrogen) atoms. The maximum atomic E-state index is 12.9. The first-order valence-electron chi connectivity index (χ1n) is 9.91. The van der Waals surface area contributed by atoms with Crippen LogP contribution in [0.1, 0.15) is 5.89 Å². The van der Waals surface area contributed by atoms with Crippen molar-refractivity contribution in [3.8, 4) is 17.2 Å². The molecule has 1 aliphatic rings. The fraction of sp³-hybridized carbons (Fsp3) is 0.333. The minimum absolute atomic E-state index is 0.172. The van der Waals surface area contributed by atoms with Gasteiger partial charge in [-0.3, -0.25) is 0 Å². The second-order valence-electron chi connectivity index (χ2n) is 7.16. The zero-order valence-electron chi connectivity index (χ0n) is 17.1. The summed E-state index contributed by atoms with van der Waals surface area (Å²) < 4.78 is 38.2. The Morgan fingerprint density at radius 3 is 2.48 bits per heavy atom. The Labute approximate surface area is 186 Å². The molecule has 0 atom stereocenters. The van der Waals surface area contributed by atoms with Gasteiger partial charge in [0.1, 0.15) is 5.75 Å². The molecule has 0 aliphatic carbocycles. The minimum atomic E-state index is -3.60. The number of hydrogen-bond donors (Lipinski definition) is 0. The van der Waals surface area contributed by atoms with Crippen LogP contribution in [0.2, 0.25) is 5.02 Å². The molecule has 0 amide bonds. The third-order valence-electron chi connectivity index (χ3n) is 5.22. The number of sulfonamides is 1. The summed E-state index contributed by atoms with van der Waals surface area (Å²) in [5.74, 6) is 1.52. The van der Waals surface area contributed by atoms with Crippen LogP contribution in [0.15, 0.2) is 57.8 Å². The van der Waals surface area contributed by atoms with Gasteiger partial charge in [-0.05, 0) is 30.3 Å². The molecular formula is C21H23ClN4O4S. The Morgan fingerprint density at radius 2 is 1.81 bits per heavy atom. The van der Waals surface area contributed by atoms with Crippen LogP contribution in [0.25, 0.3) is 11.5 Å². The molecule has 0 bridgehead atoms. The van der Waals surface area contributed by atoms with Crippen molar-refractivity contribution in [3.63, 3.8) is 0 Å². The number of methoxy groups -OCH3 is 1. The van der Waals surface area contributed by atoms with Gasteiger partial charge in [-0.25, -0.2) is 8.42 Å². The monoisotopic (exact) mass is 462 g/mol. The third-order valence-corrected chi connectivity index (χ3v) is 7.41. The van der Waals surface area contributed by atoms with E-state index in [-0.39, 0.29) is 9.92 Å². The predicted molar refractivity (Wildman–Crippen MR) is 117 cm³/mol. The van der Waals surface area contributed by atoms with E-state index in [1.165, 1.54) is 23.5 Å². The van der Waals surface area contributed by atoms with E-state index < -0.39 is 10.0 Å². The Kier molecular flexibility index (Phi) is 6.57. The van der Waals surface area contributed by atoms with E-state index in [0.717, 1.165) is 12.1 Å². The molecule has 0 radical (unpaired) electrons. The average molecular weight is 463 g/mol. The van der Waals surface area contributed by atoms with E-state index in [0.29, 0.717) is 50.1 Å². The molecular weight excluding hydrogens is 440 g/mol. The number of halogens is 1. The molecule has 10 heteroatoms.